The molecule has 0 spiro atoms. The Morgan fingerprint density at radius 3 is 1.48 bits per heavy atom. The smallest absolute Gasteiger partial charge is 0.338 e. The van der Waals surface area contributed by atoms with Gasteiger partial charge in [-0.15, -0.1) is 0 Å². The van der Waals surface area contributed by atoms with Gasteiger partial charge in [-0.1, -0.05) is 36.4 Å². The van der Waals surface area contributed by atoms with E-state index in [1.54, 1.807) is 74.5 Å². The summed E-state index contributed by atoms with van der Waals surface area (Å²) in [6, 6.07) is 17.5. The quantitative estimate of drug-likeness (QED) is 0.584. The van der Waals surface area contributed by atoms with E-state index in [9.17, 15) is 9.59 Å². The molecule has 0 radical (unpaired) electrons. The Kier molecular flexibility index (Phi) is 5.22. The van der Waals surface area contributed by atoms with Crippen molar-refractivity contribution in [1.29, 1.82) is 0 Å². The number of fused-ring (bicyclic) bond motifs is 1. The maximum Gasteiger partial charge on any atom is 0.338 e. The van der Waals surface area contributed by atoms with E-state index in [1.165, 1.54) is 0 Å². The molecule has 2 aromatic carbocycles. The van der Waals surface area contributed by atoms with Crippen LogP contribution in [0.4, 0.5) is 0 Å². The van der Waals surface area contributed by atoms with E-state index in [1.807, 2.05) is 12.1 Å². The van der Waals surface area contributed by atoms with Gasteiger partial charge in [-0.05, 0) is 50.3 Å². The molecule has 150 valence electrons. The van der Waals surface area contributed by atoms with E-state index in [4.69, 9.17) is 18.9 Å². The van der Waals surface area contributed by atoms with Crippen molar-refractivity contribution >= 4 is 11.9 Å². The van der Waals surface area contributed by atoms with Crippen molar-refractivity contribution in [3.05, 3.63) is 83.9 Å². The minimum absolute atomic E-state index is 0.452. The van der Waals surface area contributed by atoms with Crippen molar-refractivity contribution in [2.75, 3.05) is 0 Å². The van der Waals surface area contributed by atoms with Crippen molar-refractivity contribution in [3.8, 4) is 0 Å². The van der Waals surface area contributed by atoms with Gasteiger partial charge in [0, 0.05) is 0 Å². The first-order valence-corrected chi connectivity index (χ1v) is 9.49. The minimum Gasteiger partial charge on any atom is -0.452 e. The molecule has 1 aliphatic heterocycles. The number of ether oxygens (including phenoxy) is 4. The molecular weight excluding hydrogens is 372 g/mol. The van der Waals surface area contributed by atoms with Crippen molar-refractivity contribution in [1.82, 2.24) is 0 Å². The Morgan fingerprint density at radius 1 is 0.724 bits per heavy atom. The van der Waals surface area contributed by atoms with E-state index in [2.05, 4.69) is 0 Å². The average Bonchev–Trinajstić information content (AvgIpc) is 3.07. The first-order chi connectivity index (χ1) is 13.9. The van der Waals surface area contributed by atoms with E-state index in [0.717, 1.165) is 0 Å². The summed E-state index contributed by atoms with van der Waals surface area (Å²) in [4.78, 5) is 24.9. The Labute approximate surface area is 169 Å². The molecule has 6 heteroatoms. The predicted molar refractivity (Wildman–Crippen MR) is 104 cm³/mol. The molecule has 0 N–H and O–H groups in total. The van der Waals surface area contributed by atoms with Crippen LogP contribution in [0.15, 0.2) is 72.8 Å². The normalized spacial score (nSPS) is 27.1. The minimum atomic E-state index is -0.893. The maximum absolute atomic E-state index is 12.5. The molecule has 2 aromatic rings. The zero-order chi connectivity index (χ0) is 20.4. The summed E-state index contributed by atoms with van der Waals surface area (Å²) in [7, 11) is 0. The summed E-state index contributed by atoms with van der Waals surface area (Å²) in [5, 5.41) is 0. The largest absolute Gasteiger partial charge is 0.452 e. The monoisotopic (exact) mass is 394 g/mol. The number of esters is 2. The predicted octanol–water partition coefficient (Wildman–Crippen LogP) is 3.53. The van der Waals surface area contributed by atoms with Crippen LogP contribution in [-0.4, -0.2) is 42.1 Å². The number of hydrogen-bond donors (Lipinski definition) is 0. The lowest BCUT2D eigenvalue weighted by Gasteiger charge is -2.31. The van der Waals surface area contributed by atoms with Crippen LogP contribution in [0.1, 0.15) is 34.6 Å². The number of carbonyl (C=O) groups is 2. The second-order valence-electron chi connectivity index (χ2n) is 7.42. The van der Waals surface area contributed by atoms with Crippen LogP contribution in [0.3, 0.4) is 0 Å². The van der Waals surface area contributed by atoms with Gasteiger partial charge in [0.05, 0.1) is 11.1 Å². The number of rotatable bonds is 4. The first-order valence-electron chi connectivity index (χ1n) is 9.49. The summed E-state index contributed by atoms with van der Waals surface area (Å²) < 4.78 is 23.3. The summed E-state index contributed by atoms with van der Waals surface area (Å²) in [6.07, 6.45) is 0.903. The molecule has 1 heterocycles. The molecule has 4 atom stereocenters. The van der Waals surface area contributed by atoms with Crippen LogP contribution in [0, 0.1) is 0 Å². The molecule has 29 heavy (non-hydrogen) atoms. The highest BCUT2D eigenvalue weighted by molar-refractivity contribution is 5.90. The fraction of sp³-hybridized carbons (Fsp3) is 0.304. The highest BCUT2D eigenvalue weighted by Crippen LogP contribution is 2.37. The van der Waals surface area contributed by atoms with Gasteiger partial charge in [0.25, 0.3) is 0 Å². The van der Waals surface area contributed by atoms with Crippen molar-refractivity contribution < 1.29 is 28.5 Å². The summed E-state index contributed by atoms with van der Waals surface area (Å²) in [5.41, 5.74) is 0.904. The van der Waals surface area contributed by atoms with E-state index in [-0.39, 0.29) is 0 Å². The molecule has 6 nitrogen and oxygen atoms in total. The van der Waals surface area contributed by atoms with Crippen molar-refractivity contribution in [2.24, 2.45) is 0 Å². The van der Waals surface area contributed by atoms with Gasteiger partial charge in [-0.3, -0.25) is 0 Å². The van der Waals surface area contributed by atoms with Crippen molar-refractivity contribution in [2.45, 2.75) is 44.1 Å². The average molecular weight is 394 g/mol. The zero-order valence-corrected chi connectivity index (χ0v) is 16.2. The third-order valence-electron chi connectivity index (χ3n) is 4.81. The summed E-state index contributed by atoms with van der Waals surface area (Å²) in [6.45, 7) is 3.55. The molecule has 4 rings (SSSR count). The Morgan fingerprint density at radius 2 is 1.10 bits per heavy atom. The standard InChI is InChI=1S/C23H22O6/c1-23(2)28-19-17(26-21(24)15-9-5-3-6-10-15)13-14-18(20(19)29-23)27-22(25)16-11-7-4-8-12-16/h3-14,17-20H,1-2H3/t17-,18-,19-,20+/m1/s1. The topological polar surface area (TPSA) is 71.1 Å². The molecule has 0 bridgehead atoms. The van der Waals surface area contributed by atoms with Gasteiger partial charge in [0.1, 0.15) is 24.4 Å². The summed E-state index contributed by atoms with van der Waals surface area (Å²) in [5.74, 6) is -1.80. The van der Waals surface area contributed by atoms with Crippen LogP contribution < -0.4 is 0 Å². The Balaban J connectivity index is 1.52. The molecule has 0 aromatic heterocycles. The second-order valence-corrected chi connectivity index (χ2v) is 7.42. The van der Waals surface area contributed by atoms with Crippen LogP contribution in [-0.2, 0) is 18.9 Å². The number of carbonyl (C=O) groups excluding carboxylic acids is 2. The molecule has 1 saturated heterocycles. The molecule has 1 aliphatic carbocycles. The van der Waals surface area contributed by atoms with E-state index < -0.39 is 42.1 Å². The number of benzene rings is 2. The number of hydrogen-bond acceptors (Lipinski definition) is 6. The van der Waals surface area contributed by atoms with Crippen LogP contribution in [0.25, 0.3) is 0 Å². The lowest BCUT2D eigenvalue weighted by atomic mass is 9.96. The SMILES string of the molecule is CC1(C)O[C@@H]2[C@H](O1)[C@H](OC(=O)c1ccccc1)C=C[C@H]2OC(=O)c1ccccc1. The zero-order valence-electron chi connectivity index (χ0n) is 16.2. The fourth-order valence-corrected chi connectivity index (χ4v) is 3.51. The third-order valence-corrected chi connectivity index (χ3v) is 4.81. The van der Waals surface area contributed by atoms with Gasteiger partial charge in [-0.25, -0.2) is 9.59 Å². The Bertz CT molecular complexity index is 832. The van der Waals surface area contributed by atoms with Crippen LogP contribution >= 0.6 is 0 Å². The highest BCUT2D eigenvalue weighted by Gasteiger charge is 2.52. The molecular formula is C23H22O6. The van der Waals surface area contributed by atoms with Crippen LogP contribution in [0.2, 0.25) is 0 Å². The van der Waals surface area contributed by atoms with Crippen LogP contribution in [0.5, 0.6) is 0 Å². The molecule has 0 amide bonds. The molecule has 1 fully saturated rings. The van der Waals surface area contributed by atoms with Gasteiger partial charge >= 0.3 is 11.9 Å². The lowest BCUT2D eigenvalue weighted by Crippen LogP contribution is -2.47. The summed E-state index contributed by atoms with van der Waals surface area (Å²) >= 11 is 0. The molecule has 2 aliphatic rings. The highest BCUT2D eigenvalue weighted by atomic mass is 16.8. The second kappa shape index (κ2) is 7.81. The maximum atomic E-state index is 12.5. The lowest BCUT2D eigenvalue weighted by molar-refractivity contribution is -0.156. The van der Waals surface area contributed by atoms with Crippen molar-refractivity contribution in [3.63, 3.8) is 0 Å². The molecule has 0 saturated carbocycles. The van der Waals surface area contributed by atoms with E-state index in [0.29, 0.717) is 11.1 Å². The third kappa shape index (κ3) is 4.23. The van der Waals surface area contributed by atoms with Gasteiger partial charge in [0.15, 0.2) is 5.79 Å². The van der Waals surface area contributed by atoms with Gasteiger partial charge in [-0.2, -0.15) is 0 Å². The fourth-order valence-electron chi connectivity index (χ4n) is 3.51. The van der Waals surface area contributed by atoms with E-state index >= 15 is 0 Å². The van der Waals surface area contributed by atoms with Gasteiger partial charge in [0.2, 0.25) is 0 Å². The molecule has 0 unspecified atom stereocenters. The Hall–Kier alpha value is -2.96. The van der Waals surface area contributed by atoms with Gasteiger partial charge < -0.3 is 18.9 Å². The first kappa shape index (κ1) is 19.4.